The average molecular weight is 224 g/mol. The molecule has 0 aromatic heterocycles. The van der Waals surface area contributed by atoms with Gasteiger partial charge in [-0.3, -0.25) is 0 Å². The second kappa shape index (κ2) is 5.12. The number of aliphatic hydroxyl groups excluding tert-OH is 1. The molecular weight excluding hydrogens is 210 g/mol. The maximum Gasteiger partial charge on any atom is 0.0912 e. The first-order chi connectivity index (χ1) is 6.81. The van der Waals surface area contributed by atoms with Crippen LogP contribution in [0.5, 0.6) is 0 Å². The molecule has 0 spiro atoms. The van der Waals surface area contributed by atoms with Crippen molar-refractivity contribution in [2.45, 2.75) is 6.10 Å². The van der Waals surface area contributed by atoms with Crippen molar-refractivity contribution in [3.8, 4) is 0 Å². The Labute approximate surface area is 95.1 Å². The molecule has 0 unspecified atom stereocenters. The van der Waals surface area contributed by atoms with Crippen LogP contribution in [0.4, 0.5) is 0 Å². The predicted octanol–water partition coefficient (Wildman–Crippen LogP) is 2.25. The van der Waals surface area contributed by atoms with Crippen LogP contribution >= 0.6 is 12.4 Å². The van der Waals surface area contributed by atoms with Crippen molar-refractivity contribution in [1.82, 2.24) is 0 Å². The molecule has 0 bridgehead atoms. The van der Waals surface area contributed by atoms with Gasteiger partial charge in [-0.2, -0.15) is 0 Å². The molecule has 0 heterocycles. The molecule has 2 aromatic rings. The molecule has 0 radical (unpaired) electrons. The molecule has 15 heavy (non-hydrogen) atoms. The second-order valence-electron chi connectivity index (χ2n) is 3.36. The molecule has 2 rings (SSSR count). The number of nitrogens with two attached hydrogens (primary N) is 1. The number of aliphatic hydroxyl groups is 1. The van der Waals surface area contributed by atoms with E-state index in [1.807, 2.05) is 42.5 Å². The summed E-state index contributed by atoms with van der Waals surface area (Å²) in [6.07, 6.45) is -0.556. The van der Waals surface area contributed by atoms with Gasteiger partial charge >= 0.3 is 0 Å². The van der Waals surface area contributed by atoms with E-state index < -0.39 is 6.10 Å². The second-order valence-corrected chi connectivity index (χ2v) is 3.36. The van der Waals surface area contributed by atoms with Gasteiger partial charge in [0.05, 0.1) is 6.10 Å². The molecule has 1 atom stereocenters. The minimum Gasteiger partial charge on any atom is -0.387 e. The molecule has 0 saturated carbocycles. The molecule has 2 aromatic carbocycles. The lowest BCUT2D eigenvalue weighted by Gasteiger charge is -2.08. The van der Waals surface area contributed by atoms with Crippen molar-refractivity contribution in [1.29, 1.82) is 0 Å². The van der Waals surface area contributed by atoms with E-state index in [1.54, 1.807) is 0 Å². The van der Waals surface area contributed by atoms with Crippen molar-refractivity contribution in [3.05, 3.63) is 48.0 Å². The van der Waals surface area contributed by atoms with Crippen molar-refractivity contribution < 1.29 is 5.11 Å². The Balaban J connectivity index is 0.00000112. The van der Waals surface area contributed by atoms with Crippen LogP contribution in [0.3, 0.4) is 0 Å². The number of halogens is 1. The largest absolute Gasteiger partial charge is 0.387 e. The van der Waals surface area contributed by atoms with E-state index in [0.717, 1.165) is 10.9 Å². The van der Waals surface area contributed by atoms with Crippen LogP contribution < -0.4 is 5.73 Å². The summed E-state index contributed by atoms with van der Waals surface area (Å²) >= 11 is 0. The topological polar surface area (TPSA) is 46.2 Å². The first kappa shape index (κ1) is 12.0. The summed E-state index contributed by atoms with van der Waals surface area (Å²) in [5, 5.41) is 11.9. The molecule has 3 heteroatoms. The fourth-order valence-electron chi connectivity index (χ4n) is 1.55. The first-order valence-electron chi connectivity index (χ1n) is 4.68. The van der Waals surface area contributed by atoms with Crippen LogP contribution in [0.2, 0.25) is 0 Å². The molecule has 0 saturated heterocycles. The zero-order valence-corrected chi connectivity index (χ0v) is 9.08. The first-order valence-corrected chi connectivity index (χ1v) is 4.68. The fraction of sp³-hybridized carbons (Fsp3) is 0.167. The van der Waals surface area contributed by atoms with Gasteiger partial charge in [0.2, 0.25) is 0 Å². The molecule has 3 N–H and O–H groups in total. The van der Waals surface area contributed by atoms with Crippen LogP contribution in [0.25, 0.3) is 10.8 Å². The van der Waals surface area contributed by atoms with Gasteiger partial charge in [-0.15, -0.1) is 12.4 Å². The van der Waals surface area contributed by atoms with Crippen molar-refractivity contribution in [3.63, 3.8) is 0 Å². The zero-order chi connectivity index (χ0) is 9.97. The lowest BCUT2D eigenvalue weighted by Crippen LogP contribution is -2.11. The van der Waals surface area contributed by atoms with Crippen LogP contribution in [0.15, 0.2) is 42.5 Å². The molecular formula is C12H14ClNO. The Bertz CT molecular complexity index is 444. The zero-order valence-electron chi connectivity index (χ0n) is 8.26. The minimum atomic E-state index is -0.556. The Hall–Kier alpha value is -1.09. The highest BCUT2D eigenvalue weighted by molar-refractivity contribution is 5.85. The molecule has 0 aliphatic rings. The highest BCUT2D eigenvalue weighted by Gasteiger charge is 2.04. The quantitative estimate of drug-likeness (QED) is 0.821. The monoisotopic (exact) mass is 223 g/mol. The summed E-state index contributed by atoms with van der Waals surface area (Å²) in [6, 6.07) is 14.0. The standard InChI is InChI=1S/C12H13NO.ClH/c13-8-12(14)11-6-5-9-3-1-2-4-10(9)7-11;/h1-7,12,14H,8,13H2;1H/t12-;/m0./s1. The third-order valence-electron chi connectivity index (χ3n) is 2.38. The molecule has 2 nitrogen and oxygen atoms in total. The Morgan fingerprint density at radius 3 is 2.40 bits per heavy atom. The van der Waals surface area contributed by atoms with E-state index in [0.29, 0.717) is 0 Å². The number of hydrogen-bond acceptors (Lipinski definition) is 2. The van der Waals surface area contributed by atoms with Gasteiger partial charge in [-0.05, 0) is 22.4 Å². The number of fused-ring (bicyclic) bond motifs is 1. The van der Waals surface area contributed by atoms with Crippen LogP contribution in [0, 0.1) is 0 Å². The van der Waals surface area contributed by atoms with Gasteiger partial charge in [0.25, 0.3) is 0 Å². The summed E-state index contributed by atoms with van der Waals surface area (Å²) in [7, 11) is 0. The highest BCUT2D eigenvalue weighted by atomic mass is 35.5. The maximum atomic E-state index is 9.56. The number of benzene rings is 2. The highest BCUT2D eigenvalue weighted by Crippen LogP contribution is 2.19. The summed E-state index contributed by atoms with van der Waals surface area (Å²) < 4.78 is 0. The van der Waals surface area contributed by atoms with E-state index in [-0.39, 0.29) is 19.0 Å². The van der Waals surface area contributed by atoms with Crippen LogP contribution in [-0.4, -0.2) is 11.7 Å². The summed E-state index contributed by atoms with van der Waals surface area (Å²) in [4.78, 5) is 0. The van der Waals surface area contributed by atoms with Gasteiger partial charge in [-0.1, -0.05) is 36.4 Å². The van der Waals surface area contributed by atoms with Gasteiger partial charge in [-0.25, -0.2) is 0 Å². The van der Waals surface area contributed by atoms with Crippen molar-refractivity contribution >= 4 is 23.2 Å². The number of hydrogen-bond donors (Lipinski definition) is 2. The molecule has 80 valence electrons. The fourth-order valence-corrected chi connectivity index (χ4v) is 1.55. The summed E-state index contributed by atoms with van der Waals surface area (Å²) in [6.45, 7) is 0.262. The molecule has 0 fully saturated rings. The Morgan fingerprint density at radius 1 is 1.07 bits per heavy atom. The van der Waals surface area contributed by atoms with Gasteiger partial charge < -0.3 is 10.8 Å². The molecule has 0 aliphatic heterocycles. The lowest BCUT2D eigenvalue weighted by molar-refractivity contribution is 0.187. The summed E-state index contributed by atoms with van der Waals surface area (Å²) in [5.74, 6) is 0. The normalized spacial score (nSPS) is 12.1. The molecule has 0 amide bonds. The third kappa shape index (κ3) is 2.48. The van der Waals surface area contributed by atoms with E-state index >= 15 is 0 Å². The third-order valence-corrected chi connectivity index (χ3v) is 2.38. The van der Waals surface area contributed by atoms with Crippen molar-refractivity contribution in [2.24, 2.45) is 5.73 Å². The minimum absolute atomic E-state index is 0. The van der Waals surface area contributed by atoms with E-state index in [1.165, 1.54) is 5.39 Å². The van der Waals surface area contributed by atoms with E-state index in [2.05, 4.69) is 0 Å². The Morgan fingerprint density at radius 2 is 1.73 bits per heavy atom. The van der Waals surface area contributed by atoms with E-state index in [9.17, 15) is 5.11 Å². The lowest BCUT2D eigenvalue weighted by atomic mass is 10.0. The van der Waals surface area contributed by atoms with Gasteiger partial charge in [0, 0.05) is 6.54 Å². The SMILES string of the molecule is Cl.NC[C@H](O)c1ccc2ccccc2c1. The summed E-state index contributed by atoms with van der Waals surface area (Å²) in [5.41, 5.74) is 6.28. The van der Waals surface area contributed by atoms with Crippen LogP contribution in [-0.2, 0) is 0 Å². The molecule has 0 aliphatic carbocycles. The number of rotatable bonds is 2. The van der Waals surface area contributed by atoms with Crippen molar-refractivity contribution in [2.75, 3.05) is 6.54 Å². The maximum absolute atomic E-state index is 9.56. The van der Waals surface area contributed by atoms with E-state index in [4.69, 9.17) is 5.73 Å². The van der Waals surface area contributed by atoms with Gasteiger partial charge in [0.15, 0.2) is 0 Å². The smallest absolute Gasteiger partial charge is 0.0912 e. The van der Waals surface area contributed by atoms with Crippen LogP contribution in [0.1, 0.15) is 11.7 Å². The predicted molar refractivity (Wildman–Crippen MR) is 65.2 cm³/mol. The van der Waals surface area contributed by atoms with Gasteiger partial charge in [0.1, 0.15) is 0 Å². The Kier molecular flexibility index (Phi) is 4.09. The average Bonchev–Trinajstić information content (AvgIpc) is 2.27.